The van der Waals surface area contributed by atoms with Gasteiger partial charge in [-0.1, -0.05) is 12.1 Å². The molecule has 166 valence electrons. The standard InChI is InChI=1S/C23H28N2O6/c1-4-30-20-12-15-10-11-25(23(28)24-17-8-6-7-9-19(17)29-3)18(14-22(26)27)16(15)13-21(20)31-5-2/h6-9,12-13,18H,4-5,10-11,14H2,1-3H3,(H,24,28)(H,26,27)/t18-/m0/s1. The number of para-hydroxylation sites is 2. The number of nitrogens with zero attached hydrogens (tertiary/aromatic N) is 1. The molecule has 0 spiro atoms. The van der Waals surface area contributed by atoms with Crippen LogP contribution in [0.1, 0.15) is 37.4 Å². The first-order valence-corrected chi connectivity index (χ1v) is 10.3. The van der Waals surface area contributed by atoms with E-state index < -0.39 is 12.0 Å². The molecule has 0 saturated heterocycles. The normalized spacial score (nSPS) is 15.1. The minimum absolute atomic E-state index is 0.216. The van der Waals surface area contributed by atoms with Crippen molar-refractivity contribution in [2.24, 2.45) is 0 Å². The second kappa shape index (κ2) is 10.1. The quantitative estimate of drug-likeness (QED) is 0.657. The van der Waals surface area contributed by atoms with Crippen LogP contribution in [0.5, 0.6) is 17.2 Å². The number of amides is 2. The maximum absolute atomic E-state index is 13.1. The SMILES string of the molecule is CCOc1cc2c(cc1OCC)[C@H](CC(=O)O)N(C(=O)Nc1ccccc1OC)CC2. The van der Waals surface area contributed by atoms with Crippen LogP contribution in [-0.2, 0) is 11.2 Å². The molecule has 1 aliphatic heterocycles. The Hall–Kier alpha value is -3.42. The minimum atomic E-state index is -0.986. The first-order valence-electron chi connectivity index (χ1n) is 10.3. The third-order valence-corrected chi connectivity index (χ3v) is 5.14. The number of carbonyl (C=O) groups excluding carboxylic acids is 1. The van der Waals surface area contributed by atoms with Crippen LogP contribution in [0.15, 0.2) is 36.4 Å². The molecule has 2 amide bonds. The molecule has 1 heterocycles. The van der Waals surface area contributed by atoms with Crippen molar-refractivity contribution >= 4 is 17.7 Å². The van der Waals surface area contributed by atoms with Gasteiger partial charge < -0.3 is 29.5 Å². The number of methoxy groups -OCH3 is 1. The van der Waals surface area contributed by atoms with Crippen LogP contribution in [0.25, 0.3) is 0 Å². The van der Waals surface area contributed by atoms with E-state index in [-0.39, 0.29) is 12.5 Å². The highest BCUT2D eigenvalue weighted by molar-refractivity contribution is 5.91. The summed E-state index contributed by atoms with van der Waals surface area (Å²) in [6, 6.07) is 9.78. The van der Waals surface area contributed by atoms with E-state index in [0.717, 1.165) is 11.1 Å². The number of benzene rings is 2. The number of aliphatic carboxylic acids is 1. The summed E-state index contributed by atoms with van der Waals surface area (Å²) < 4.78 is 16.7. The molecule has 1 atom stereocenters. The zero-order chi connectivity index (χ0) is 22.4. The summed E-state index contributed by atoms with van der Waals surface area (Å²) in [5, 5.41) is 12.4. The number of carboxylic acid groups (broad SMARTS) is 1. The lowest BCUT2D eigenvalue weighted by Crippen LogP contribution is -2.43. The first-order chi connectivity index (χ1) is 15.0. The molecule has 0 radical (unpaired) electrons. The number of urea groups is 1. The van der Waals surface area contributed by atoms with Crippen LogP contribution in [0.4, 0.5) is 10.5 Å². The van der Waals surface area contributed by atoms with Crippen molar-refractivity contribution in [3.05, 3.63) is 47.5 Å². The van der Waals surface area contributed by atoms with Gasteiger partial charge in [0.25, 0.3) is 0 Å². The summed E-state index contributed by atoms with van der Waals surface area (Å²) in [4.78, 5) is 26.3. The van der Waals surface area contributed by atoms with Crippen LogP contribution in [0.3, 0.4) is 0 Å². The van der Waals surface area contributed by atoms with Crippen molar-refractivity contribution in [1.29, 1.82) is 0 Å². The van der Waals surface area contributed by atoms with Gasteiger partial charge >= 0.3 is 12.0 Å². The molecule has 8 nitrogen and oxygen atoms in total. The fourth-order valence-electron chi connectivity index (χ4n) is 3.81. The monoisotopic (exact) mass is 428 g/mol. The lowest BCUT2D eigenvalue weighted by atomic mass is 9.90. The van der Waals surface area contributed by atoms with E-state index in [1.54, 1.807) is 29.2 Å². The number of ether oxygens (including phenoxy) is 3. The third kappa shape index (κ3) is 5.02. The molecule has 2 N–H and O–H groups in total. The third-order valence-electron chi connectivity index (χ3n) is 5.14. The average molecular weight is 428 g/mol. The number of hydrogen-bond donors (Lipinski definition) is 2. The molecule has 0 aliphatic carbocycles. The number of fused-ring (bicyclic) bond motifs is 1. The number of carbonyl (C=O) groups is 2. The summed E-state index contributed by atoms with van der Waals surface area (Å²) in [5.74, 6) is 0.720. The zero-order valence-electron chi connectivity index (χ0n) is 18.0. The maximum Gasteiger partial charge on any atom is 0.322 e. The average Bonchev–Trinajstić information content (AvgIpc) is 2.75. The van der Waals surface area contributed by atoms with Crippen molar-refractivity contribution in [1.82, 2.24) is 4.90 Å². The van der Waals surface area contributed by atoms with E-state index in [1.165, 1.54) is 7.11 Å². The van der Waals surface area contributed by atoms with Crippen LogP contribution in [0.2, 0.25) is 0 Å². The fraction of sp³-hybridized carbons (Fsp3) is 0.391. The number of carboxylic acids is 1. The summed E-state index contributed by atoms with van der Waals surface area (Å²) in [6.07, 6.45) is 0.364. The molecule has 0 aromatic heterocycles. The van der Waals surface area contributed by atoms with Gasteiger partial charge in [0.15, 0.2) is 11.5 Å². The predicted octanol–water partition coefficient (Wildman–Crippen LogP) is 4.10. The Labute approximate surface area is 181 Å². The van der Waals surface area contributed by atoms with Gasteiger partial charge in [-0.25, -0.2) is 4.79 Å². The van der Waals surface area contributed by atoms with E-state index in [1.807, 2.05) is 26.0 Å². The summed E-state index contributed by atoms with van der Waals surface area (Å²) in [5.41, 5.74) is 2.24. The molecule has 0 bridgehead atoms. The maximum atomic E-state index is 13.1. The first kappa shape index (κ1) is 22.3. The van der Waals surface area contributed by atoms with Gasteiger partial charge in [-0.05, 0) is 55.7 Å². The van der Waals surface area contributed by atoms with Crippen molar-refractivity contribution < 1.29 is 28.9 Å². The van der Waals surface area contributed by atoms with Gasteiger partial charge in [-0.15, -0.1) is 0 Å². The van der Waals surface area contributed by atoms with E-state index in [0.29, 0.717) is 49.1 Å². The molecule has 3 rings (SSSR count). The lowest BCUT2D eigenvalue weighted by molar-refractivity contribution is -0.138. The van der Waals surface area contributed by atoms with Crippen molar-refractivity contribution in [3.8, 4) is 17.2 Å². The van der Waals surface area contributed by atoms with Crippen LogP contribution >= 0.6 is 0 Å². The number of hydrogen-bond acceptors (Lipinski definition) is 5. The molecular weight excluding hydrogens is 400 g/mol. The van der Waals surface area contributed by atoms with E-state index in [2.05, 4.69) is 5.32 Å². The molecule has 1 aliphatic rings. The number of nitrogens with one attached hydrogen (secondary N) is 1. The van der Waals surface area contributed by atoms with Gasteiger partial charge in [0.05, 0.1) is 38.5 Å². The van der Waals surface area contributed by atoms with Crippen molar-refractivity contribution in [2.75, 3.05) is 32.2 Å². The van der Waals surface area contributed by atoms with E-state index in [4.69, 9.17) is 14.2 Å². The number of rotatable bonds is 8. The molecule has 8 heteroatoms. The molecule has 2 aromatic rings. The topological polar surface area (TPSA) is 97.3 Å². The van der Waals surface area contributed by atoms with E-state index in [9.17, 15) is 14.7 Å². The van der Waals surface area contributed by atoms with Crippen LogP contribution in [-0.4, -0.2) is 48.9 Å². The van der Waals surface area contributed by atoms with Gasteiger partial charge in [0.2, 0.25) is 0 Å². The Bertz CT molecular complexity index is 946. The highest BCUT2D eigenvalue weighted by Crippen LogP contribution is 2.40. The second-order valence-electron chi connectivity index (χ2n) is 7.05. The van der Waals surface area contributed by atoms with Crippen LogP contribution < -0.4 is 19.5 Å². The van der Waals surface area contributed by atoms with Gasteiger partial charge in [0, 0.05) is 6.54 Å². The molecular formula is C23H28N2O6. The molecule has 2 aromatic carbocycles. The van der Waals surface area contributed by atoms with Gasteiger partial charge in [0.1, 0.15) is 5.75 Å². The summed E-state index contributed by atoms with van der Waals surface area (Å²) >= 11 is 0. The van der Waals surface area contributed by atoms with Crippen molar-refractivity contribution in [3.63, 3.8) is 0 Å². The minimum Gasteiger partial charge on any atom is -0.495 e. The van der Waals surface area contributed by atoms with E-state index >= 15 is 0 Å². The van der Waals surface area contributed by atoms with Crippen molar-refractivity contribution in [2.45, 2.75) is 32.7 Å². The highest BCUT2D eigenvalue weighted by Gasteiger charge is 2.34. The molecule has 0 unspecified atom stereocenters. The Morgan fingerprint density at radius 3 is 2.42 bits per heavy atom. The van der Waals surface area contributed by atoms with Gasteiger partial charge in [-0.2, -0.15) is 0 Å². The Balaban J connectivity index is 1.95. The molecule has 0 saturated carbocycles. The predicted molar refractivity (Wildman–Crippen MR) is 116 cm³/mol. The Morgan fingerprint density at radius 1 is 1.10 bits per heavy atom. The number of anilines is 1. The largest absolute Gasteiger partial charge is 0.495 e. The second-order valence-corrected chi connectivity index (χ2v) is 7.05. The Morgan fingerprint density at radius 2 is 1.77 bits per heavy atom. The fourth-order valence-corrected chi connectivity index (χ4v) is 3.81. The Kier molecular flexibility index (Phi) is 7.23. The lowest BCUT2D eigenvalue weighted by Gasteiger charge is -2.37. The molecule has 0 fully saturated rings. The smallest absolute Gasteiger partial charge is 0.322 e. The highest BCUT2D eigenvalue weighted by atomic mass is 16.5. The summed E-state index contributed by atoms with van der Waals surface area (Å²) in [7, 11) is 1.53. The van der Waals surface area contributed by atoms with Gasteiger partial charge in [-0.3, -0.25) is 4.79 Å². The molecule has 31 heavy (non-hydrogen) atoms. The van der Waals surface area contributed by atoms with Crippen LogP contribution in [0, 0.1) is 0 Å². The zero-order valence-corrected chi connectivity index (χ0v) is 18.0. The summed E-state index contributed by atoms with van der Waals surface area (Å²) in [6.45, 7) is 5.08.